The Morgan fingerprint density at radius 1 is 1.47 bits per heavy atom. The van der Waals surface area contributed by atoms with Gasteiger partial charge in [0.2, 0.25) is 0 Å². The first-order valence-corrected chi connectivity index (χ1v) is 5.86. The van der Waals surface area contributed by atoms with Crippen molar-refractivity contribution in [3.05, 3.63) is 41.6 Å². The molecule has 0 spiro atoms. The average Bonchev–Trinajstić information content (AvgIpc) is 2.74. The molecule has 0 bridgehead atoms. The van der Waals surface area contributed by atoms with Gasteiger partial charge in [0.1, 0.15) is 11.6 Å². The Bertz CT molecular complexity index is 606. The van der Waals surface area contributed by atoms with Crippen LogP contribution in [0.2, 0.25) is 0 Å². The molecule has 2 rings (SSSR count). The largest absolute Gasteiger partial charge is 0.478 e. The van der Waals surface area contributed by atoms with Gasteiger partial charge < -0.3 is 14.6 Å². The number of hydrogen-bond acceptors (Lipinski definition) is 4. The van der Waals surface area contributed by atoms with E-state index in [0.717, 1.165) is 17.2 Å². The van der Waals surface area contributed by atoms with Crippen LogP contribution < -0.4 is 4.90 Å². The number of anilines is 1. The summed E-state index contributed by atoms with van der Waals surface area (Å²) in [5.74, 6) is 0.716. The molecule has 0 radical (unpaired) electrons. The second kappa shape index (κ2) is 5.09. The van der Waals surface area contributed by atoms with Crippen molar-refractivity contribution in [2.45, 2.75) is 13.5 Å². The fraction of sp³-hybridized carbons (Fsp3) is 0.308. The minimum Gasteiger partial charge on any atom is -0.478 e. The maximum Gasteiger partial charge on any atom is 0.337 e. The number of nitrogens with zero attached hydrogens (tertiary/aromatic N) is 4. The molecule has 19 heavy (non-hydrogen) atoms. The Morgan fingerprint density at radius 3 is 2.74 bits per heavy atom. The normalized spacial score (nSPS) is 10.5. The molecule has 0 aliphatic carbocycles. The first-order valence-electron chi connectivity index (χ1n) is 5.86. The molecule has 1 N–H and O–H groups in total. The number of carboxylic acid groups (broad SMARTS) is 1. The lowest BCUT2D eigenvalue weighted by atomic mass is 10.2. The van der Waals surface area contributed by atoms with E-state index >= 15 is 0 Å². The summed E-state index contributed by atoms with van der Waals surface area (Å²) in [5, 5.41) is 8.92. The van der Waals surface area contributed by atoms with Crippen LogP contribution >= 0.6 is 0 Å². The highest BCUT2D eigenvalue weighted by Gasteiger charge is 2.12. The van der Waals surface area contributed by atoms with Crippen molar-refractivity contribution in [2.75, 3.05) is 11.9 Å². The number of aryl methyl sites for hydroxylation is 2. The second-order valence-corrected chi connectivity index (χ2v) is 4.48. The van der Waals surface area contributed by atoms with Crippen LogP contribution in [0, 0.1) is 6.92 Å². The maximum atomic E-state index is 10.9. The van der Waals surface area contributed by atoms with Crippen molar-refractivity contribution >= 4 is 11.8 Å². The Morgan fingerprint density at radius 2 is 2.21 bits per heavy atom. The molecule has 2 aromatic heterocycles. The molecule has 6 heteroatoms. The number of imidazole rings is 1. The fourth-order valence-corrected chi connectivity index (χ4v) is 1.92. The van der Waals surface area contributed by atoms with Gasteiger partial charge in [-0.25, -0.2) is 14.8 Å². The van der Waals surface area contributed by atoms with E-state index in [1.807, 2.05) is 36.7 Å². The van der Waals surface area contributed by atoms with Gasteiger partial charge in [0.15, 0.2) is 0 Å². The van der Waals surface area contributed by atoms with E-state index in [2.05, 4.69) is 9.97 Å². The van der Waals surface area contributed by atoms with Gasteiger partial charge >= 0.3 is 5.97 Å². The summed E-state index contributed by atoms with van der Waals surface area (Å²) in [6.07, 6.45) is 5.01. The van der Waals surface area contributed by atoms with E-state index < -0.39 is 5.97 Å². The lowest BCUT2D eigenvalue weighted by Crippen LogP contribution is -2.21. The molecule has 0 saturated carbocycles. The predicted molar refractivity (Wildman–Crippen MR) is 71.2 cm³/mol. The molecule has 2 aromatic rings. The third-order valence-electron chi connectivity index (χ3n) is 2.96. The molecule has 0 atom stereocenters. The standard InChI is InChI=1S/C13H16N4O2/c1-9-6-10(13(18)19)7-15-12(9)17(3)8-11-14-4-5-16(11)2/h4-7H,8H2,1-3H3,(H,18,19). The number of aromatic carboxylic acids is 1. The highest BCUT2D eigenvalue weighted by Crippen LogP contribution is 2.18. The summed E-state index contributed by atoms with van der Waals surface area (Å²) in [5.41, 5.74) is 1.03. The molecule has 0 aliphatic heterocycles. The smallest absolute Gasteiger partial charge is 0.337 e. The molecule has 0 saturated heterocycles. The van der Waals surface area contributed by atoms with Gasteiger partial charge in [-0.3, -0.25) is 0 Å². The van der Waals surface area contributed by atoms with E-state index in [-0.39, 0.29) is 5.56 Å². The van der Waals surface area contributed by atoms with Crippen LogP contribution in [0.1, 0.15) is 21.7 Å². The molecule has 100 valence electrons. The zero-order valence-electron chi connectivity index (χ0n) is 11.2. The van der Waals surface area contributed by atoms with Crippen LogP contribution in [-0.4, -0.2) is 32.7 Å². The third-order valence-corrected chi connectivity index (χ3v) is 2.96. The minimum atomic E-state index is -0.964. The third kappa shape index (κ3) is 2.73. The van der Waals surface area contributed by atoms with Crippen LogP contribution in [0.4, 0.5) is 5.82 Å². The number of carboxylic acids is 1. The van der Waals surface area contributed by atoms with Crippen molar-refractivity contribution < 1.29 is 9.90 Å². The molecular weight excluding hydrogens is 244 g/mol. The van der Waals surface area contributed by atoms with Gasteiger partial charge in [-0.2, -0.15) is 0 Å². The molecule has 2 heterocycles. The van der Waals surface area contributed by atoms with Crippen LogP contribution in [0.15, 0.2) is 24.7 Å². The zero-order valence-corrected chi connectivity index (χ0v) is 11.2. The topological polar surface area (TPSA) is 71.2 Å². The quantitative estimate of drug-likeness (QED) is 0.901. The van der Waals surface area contributed by atoms with Crippen molar-refractivity contribution in [1.29, 1.82) is 0 Å². The summed E-state index contributed by atoms with van der Waals surface area (Å²) in [4.78, 5) is 21.3. The Labute approximate surface area is 111 Å². The first kappa shape index (κ1) is 13.1. The van der Waals surface area contributed by atoms with Crippen LogP contribution in [0.3, 0.4) is 0 Å². The summed E-state index contributed by atoms with van der Waals surface area (Å²) in [7, 11) is 3.84. The lowest BCUT2D eigenvalue weighted by Gasteiger charge is -2.20. The fourth-order valence-electron chi connectivity index (χ4n) is 1.92. The van der Waals surface area contributed by atoms with Gasteiger partial charge in [-0.05, 0) is 18.6 Å². The minimum absolute atomic E-state index is 0.201. The molecule has 0 aromatic carbocycles. The summed E-state index contributed by atoms with van der Waals surface area (Å²) in [6.45, 7) is 2.47. The van der Waals surface area contributed by atoms with E-state index in [9.17, 15) is 4.79 Å². The van der Waals surface area contributed by atoms with Crippen molar-refractivity contribution in [3.8, 4) is 0 Å². The monoisotopic (exact) mass is 260 g/mol. The zero-order chi connectivity index (χ0) is 14.0. The maximum absolute atomic E-state index is 10.9. The van der Waals surface area contributed by atoms with Gasteiger partial charge in [0.25, 0.3) is 0 Å². The molecule has 0 aliphatic rings. The Kier molecular flexibility index (Phi) is 3.50. The molecule has 6 nitrogen and oxygen atoms in total. The van der Waals surface area contributed by atoms with Crippen LogP contribution in [0.25, 0.3) is 0 Å². The van der Waals surface area contributed by atoms with E-state index in [1.54, 1.807) is 12.3 Å². The summed E-state index contributed by atoms with van der Waals surface area (Å²) < 4.78 is 1.94. The van der Waals surface area contributed by atoms with E-state index in [4.69, 9.17) is 5.11 Å². The SMILES string of the molecule is Cc1cc(C(=O)O)cnc1N(C)Cc1nccn1C. The summed E-state index contributed by atoms with van der Waals surface area (Å²) in [6, 6.07) is 1.62. The van der Waals surface area contributed by atoms with Gasteiger partial charge in [0.05, 0.1) is 12.1 Å². The molecular formula is C13H16N4O2. The van der Waals surface area contributed by atoms with E-state index in [0.29, 0.717) is 6.54 Å². The highest BCUT2D eigenvalue weighted by atomic mass is 16.4. The van der Waals surface area contributed by atoms with Gasteiger partial charge in [-0.1, -0.05) is 0 Å². The van der Waals surface area contributed by atoms with Crippen molar-refractivity contribution in [1.82, 2.24) is 14.5 Å². The predicted octanol–water partition coefficient (Wildman–Crippen LogP) is 1.46. The second-order valence-electron chi connectivity index (χ2n) is 4.48. The van der Waals surface area contributed by atoms with Crippen LogP contribution in [0.5, 0.6) is 0 Å². The number of hydrogen-bond donors (Lipinski definition) is 1. The average molecular weight is 260 g/mol. The Balaban J connectivity index is 2.22. The van der Waals surface area contributed by atoms with E-state index in [1.165, 1.54) is 6.20 Å². The summed E-state index contributed by atoms with van der Waals surface area (Å²) >= 11 is 0. The number of aromatic nitrogens is 3. The number of rotatable bonds is 4. The van der Waals surface area contributed by atoms with Crippen molar-refractivity contribution in [3.63, 3.8) is 0 Å². The Hall–Kier alpha value is -2.37. The van der Waals surface area contributed by atoms with Crippen molar-refractivity contribution in [2.24, 2.45) is 7.05 Å². The van der Waals surface area contributed by atoms with Crippen LogP contribution in [-0.2, 0) is 13.6 Å². The van der Waals surface area contributed by atoms with Gasteiger partial charge in [0, 0.05) is 32.7 Å². The van der Waals surface area contributed by atoms with Gasteiger partial charge in [-0.15, -0.1) is 0 Å². The molecule has 0 amide bonds. The first-order chi connectivity index (χ1) is 8.99. The highest BCUT2D eigenvalue weighted by molar-refractivity contribution is 5.87. The number of pyridine rings is 1. The molecule has 0 unspecified atom stereocenters. The number of carbonyl (C=O) groups is 1. The lowest BCUT2D eigenvalue weighted by molar-refractivity contribution is 0.0696. The molecule has 0 fully saturated rings.